The van der Waals surface area contributed by atoms with Crippen LogP contribution in [0.2, 0.25) is 0 Å². The summed E-state index contributed by atoms with van der Waals surface area (Å²) in [5, 5.41) is 16.9. The van der Waals surface area contributed by atoms with Gasteiger partial charge in [0.25, 0.3) is 0 Å². The number of ether oxygens (including phenoxy) is 2. The standard InChI is InChI=1S/C23H24N2O5/c1-12-10-16-20(22(27)19(12)23(28)30-3)21(13-8-9-17(26)18(11-13)29-2)25-15-7-5-4-6-14(15)24-16/h4-9,11-12,19,21,24-26H,10H2,1-3H3. The number of nitrogens with one attached hydrogen (secondary N) is 2. The van der Waals surface area contributed by atoms with Gasteiger partial charge in [-0.05, 0) is 42.2 Å². The maximum atomic E-state index is 13.6. The van der Waals surface area contributed by atoms with Gasteiger partial charge in [0, 0.05) is 11.3 Å². The highest BCUT2D eigenvalue weighted by atomic mass is 16.5. The molecule has 3 N–H and O–H groups in total. The number of hydrogen-bond donors (Lipinski definition) is 3. The molecule has 156 valence electrons. The number of phenols is 1. The van der Waals surface area contributed by atoms with Crippen LogP contribution in [0, 0.1) is 11.8 Å². The SMILES string of the molecule is COC(=O)C1C(=O)C2=C(CC1C)Nc1ccccc1NC2c1ccc(O)c(OC)c1. The summed E-state index contributed by atoms with van der Waals surface area (Å²) in [4.78, 5) is 26.0. The van der Waals surface area contributed by atoms with Crippen molar-refractivity contribution in [3.8, 4) is 11.5 Å². The first-order valence-electron chi connectivity index (χ1n) is 9.79. The summed E-state index contributed by atoms with van der Waals surface area (Å²) in [7, 11) is 2.77. The van der Waals surface area contributed by atoms with Gasteiger partial charge in [-0.25, -0.2) is 0 Å². The summed E-state index contributed by atoms with van der Waals surface area (Å²) in [6.07, 6.45) is 0.530. The van der Waals surface area contributed by atoms with Crippen LogP contribution < -0.4 is 15.4 Å². The van der Waals surface area contributed by atoms with Gasteiger partial charge in [0.15, 0.2) is 17.3 Å². The number of hydrogen-bond acceptors (Lipinski definition) is 7. The molecule has 7 nitrogen and oxygen atoms in total. The molecule has 0 saturated carbocycles. The maximum Gasteiger partial charge on any atom is 0.316 e. The number of para-hydroxylation sites is 2. The molecule has 2 aliphatic rings. The summed E-state index contributed by atoms with van der Waals surface area (Å²) >= 11 is 0. The number of Topliss-reactive ketones (excluding diaryl/α,β-unsaturated/α-hetero) is 1. The molecule has 2 aromatic rings. The first-order chi connectivity index (χ1) is 14.4. The fraction of sp³-hybridized carbons (Fsp3) is 0.304. The Balaban J connectivity index is 1.89. The second-order valence-electron chi connectivity index (χ2n) is 7.62. The van der Waals surface area contributed by atoms with Gasteiger partial charge < -0.3 is 25.2 Å². The highest BCUT2D eigenvalue weighted by Gasteiger charge is 2.44. The summed E-state index contributed by atoms with van der Waals surface area (Å²) < 4.78 is 10.2. The number of esters is 1. The number of benzene rings is 2. The van der Waals surface area contributed by atoms with Crippen LogP contribution in [0.4, 0.5) is 11.4 Å². The van der Waals surface area contributed by atoms with Crippen molar-refractivity contribution in [3.63, 3.8) is 0 Å². The molecule has 7 heteroatoms. The highest BCUT2D eigenvalue weighted by Crippen LogP contribution is 2.44. The van der Waals surface area contributed by atoms with Crippen molar-refractivity contribution >= 4 is 23.1 Å². The third-order valence-electron chi connectivity index (χ3n) is 5.76. The Labute approximate surface area is 174 Å². The molecule has 1 aliphatic heterocycles. The van der Waals surface area contributed by atoms with Crippen LogP contribution in [0.5, 0.6) is 11.5 Å². The number of phenolic OH excluding ortho intramolecular Hbond substituents is 1. The van der Waals surface area contributed by atoms with Crippen molar-refractivity contribution < 1.29 is 24.2 Å². The molecular formula is C23H24N2O5. The third kappa shape index (κ3) is 3.26. The quantitative estimate of drug-likeness (QED) is 0.527. The monoisotopic (exact) mass is 408 g/mol. The Morgan fingerprint density at radius 2 is 1.87 bits per heavy atom. The average molecular weight is 408 g/mol. The minimum absolute atomic E-state index is 0.0126. The van der Waals surface area contributed by atoms with E-state index < -0.39 is 17.9 Å². The minimum Gasteiger partial charge on any atom is -0.504 e. The first-order valence-corrected chi connectivity index (χ1v) is 9.79. The largest absolute Gasteiger partial charge is 0.504 e. The first kappa shape index (κ1) is 19.8. The zero-order valence-corrected chi connectivity index (χ0v) is 17.1. The molecule has 30 heavy (non-hydrogen) atoms. The van der Waals surface area contributed by atoms with E-state index >= 15 is 0 Å². The third-order valence-corrected chi connectivity index (χ3v) is 5.76. The fourth-order valence-electron chi connectivity index (χ4n) is 4.26. The number of fused-ring (bicyclic) bond motifs is 1. The summed E-state index contributed by atoms with van der Waals surface area (Å²) in [5.41, 5.74) is 3.70. The Hall–Kier alpha value is -3.48. The molecule has 3 unspecified atom stereocenters. The van der Waals surface area contributed by atoms with E-state index in [9.17, 15) is 14.7 Å². The molecule has 0 bridgehead atoms. The van der Waals surface area contributed by atoms with E-state index in [1.165, 1.54) is 20.3 Å². The second kappa shape index (κ2) is 7.74. The van der Waals surface area contributed by atoms with Gasteiger partial charge in [-0.2, -0.15) is 0 Å². The molecule has 0 spiro atoms. The zero-order valence-electron chi connectivity index (χ0n) is 17.1. The molecule has 3 atom stereocenters. The second-order valence-corrected chi connectivity index (χ2v) is 7.62. The topological polar surface area (TPSA) is 96.9 Å². The number of aromatic hydroxyl groups is 1. The van der Waals surface area contributed by atoms with Gasteiger partial charge in [-0.15, -0.1) is 0 Å². The van der Waals surface area contributed by atoms with Gasteiger partial charge in [-0.3, -0.25) is 9.59 Å². The Morgan fingerprint density at radius 3 is 2.57 bits per heavy atom. The summed E-state index contributed by atoms with van der Waals surface area (Å²) in [6.45, 7) is 1.88. The molecule has 1 heterocycles. The molecule has 0 aromatic heterocycles. The van der Waals surface area contributed by atoms with Crippen molar-refractivity contribution in [2.75, 3.05) is 24.9 Å². The fourth-order valence-corrected chi connectivity index (χ4v) is 4.26. The Bertz CT molecular complexity index is 1050. The van der Waals surface area contributed by atoms with Crippen molar-refractivity contribution in [2.24, 2.45) is 11.8 Å². The smallest absolute Gasteiger partial charge is 0.316 e. The number of carbonyl (C=O) groups is 2. The van der Waals surface area contributed by atoms with E-state index in [0.717, 1.165) is 22.6 Å². The van der Waals surface area contributed by atoms with E-state index in [0.29, 0.717) is 17.7 Å². The van der Waals surface area contributed by atoms with Gasteiger partial charge in [0.2, 0.25) is 0 Å². The Morgan fingerprint density at radius 1 is 1.13 bits per heavy atom. The average Bonchev–Trinajstić information content (AvgIpc) is 2.90. The number of methoxy groups -OCH3 is 2. The number of carbonyl (C=O) groups excluding carboxylic acids is 2. The van der Waals surface area contributed by atoms with E-state index in [1.807, 2.05) is 31.2 Å². The van der Waals surface area contributed by atoms with Crippen LogP contribution in [0.25, 0.3) is 0 Å². The van der Waals surface area contributed by atoms with Crippen LogP contribution >= 0.6 is 0 Å². The number of allylic oxidation sites excluding steroid dienone is 1. The zero-order chi connectivity index (χ0) is 21.4. The predicted octanol–water partition coefficient (Wildman–Crippen LogP) is 3.63. The van der Waals surface area contributed by atoms with Gasteiger partial charge in [0.05, 0.1) is 31.6 Å². The van der Waals surface area contributed by atoms with Crippen LogP contribution in [0.15, 0.2) is 53.7 Å². The van der Waals surface area contributed by atoms with Crippen molar-refractivity contribution in [1.82, 2.24) is 0 Å². The lowest BCUT2D eigenvalue weighted by Crippen LogP contribution is -2.39. The maximum absolute atomic E-state index is 13.6. The lowest BCUT2D eigenvalue weighted by Gasteiger charge is -2.32. The molecule has 0 fully saturated rings. The van der Waals surface area contributed by atoms with Crippen LogP contribution in [-0.4, -0.2) is 31.1 Å². The van der Waals surface area contributed by atoms with Crippen LogP contribution in [0.3, 0.4) is 0 Å². The molecule has 2 aromatic carbocycles. The van der Waals surface area contributed by atoms with E-state index in [1.54, 1.807) is 12.1 Å². The predicted molar refractivity (Wildman–Crippen MR) is 112 cm³/mol. The number of rotatable bonds is 3. The summed E-state index contributed by atoms with van der Waals surface area (Å²) in [6, 6.07) is 12.1. The summed E-state index contributed by atoms with van der Waals surface area (Å²) in [5.74, 6) is -1.53. The van der Waals surface area contributed by atoms with Crippen LogP contribution in [0.1, 0.15) is 24.9 Å². The van der Waals surface area contributed by atoms with Gasteiger partial charge in [0.1, 0.15) is 5.92 Å². The number of anilines is 2. The molecule has 4 rings (SSSR count). The normalized spacial score (nSPS) is 22.8. The van der Waals surface area contributed by atoms with Crippen molar-refractivity contribution in [1.29, 1.82) is 0 Å². The van der Waals surface area contributed by atoms with E-state index in [4.69, 9.17) is 9.47 Å². The van der Waals surface area contributed by atoms with E-state index in [2.05, 4.69) is 10.6 Å². The molecule has 1 aliphatic carbocycles. The molecule has 0 saturated heterocycles. The highest BCUT2D eigenvalue weighted by molar-refractivity contribution is 6.11. The lowest BCUT2D eigenvalue weighted by atomic mass is 9.75. The van der Waals surface area contributed by atoms with Gasteiger partial charge >= 0.3 is 5.97 Å². The minimum atomic E-state index is -0.861. The van der Waals surface area contributed by atoms with Crippen molar-refractivity contribution in [2.45, 2.75) is 19.4 Å². The van der Waals surface area contributed by atoms with E-state index in [-0.39, 0.29) is 17.5 Å². The molecule has 0 radical (unpaired) electrons. The molecule has 0 amide bonds. The Kier molecular flexibility index (Phi) is 5.11. The number of ketones is 1. The lowest BCUT2D eigenvalue weighted by molar-refractivity contribution is -0.151. The van der Waals surface area contributed by atoms with Crippen molar-refractivity contribution in [3.05, 3.63) is 59.3 Å². The molecular weight excluding hydrogens is 384 g/mol. The van der Waals surface area contributed by atoms with Gasteiger partial charge in [-0.1, -0.05) is 25.1 Å². The van der Waals surface area contributed by atoms with Crippen LogP contribution in [-0.2, 0) is 14.3 Å².